The van der Waals surface area contributed by atoms with E-state index in [-0.39, 0.29) is 18.9 Å². The summed E-state index contributed by atoms with van der Waals surface area (Å²) in [6, 6.07) is 3.64. The van der Waals surface area contributed by atoms with Crippen molar-refractivity contribution in [2.24, 2.45) is 0 Å². The number of nitrogens with zero attached hydrogens (tertiary/aromatic N) is 1. The number of aromatic nitrogens is 1. The Morgan fingerprint density at radius 3 is 2.80 bits per heavy atom. The van der Waals surface area contributed by atoms with Gasteiger partial charge in [0.15, 0.2) is 0 Å². The molecule has 1 fully saturated rings. The first-order valence-corrected chi connectivity index (χ1v) is 6.33. The van der Waals surface area contributed by atoms with Gasteiger partial charge in [0.25, 0.3) is 0 Å². The molecule has 0 aromatic carbocycles. The summed E-state index contributed by atoms with van der Waals surface area (Å²) in [5, 5.41) is 1.51. The molecule has 2 heterocycles. The van der Waals surface area contributed by atoms with Crippen molar-refractivity contribution in [3.05, 3.63) is 34.3 Å². The van der Waals surface area contributed by atoms with Crippen molar-refractivity contribution >= 4 is 22.4 Å². The van der Waals surface area contributed by atoms with Crippen LogP contribution in [0.5, 0.6) is 0 Å². The standard InChI is InChI=1S/C10H11ClNOS.Li/c11-10-5-4-8(7-12-10)9-3-1-2-6-14(9)13;/h4-5,7H,1-3,6H2;/q-1;+1. The molecule has 1 unspecified atom stereocenters. The first kappa shape index (κ1) is 13.1. The van der Waals surface area contributed by atoms with Crippen molar-refractivity contribution < 1.29 is 23.1 Å². The van der Waals surface area contributed by atoms with Crippen LogP contribution in [0.1, 0.15) is 24.8 Å². The zero-order chi connectivity index (χ0) is 9.97. The van der Waals surface area contributed by atoms with E-state index in [1.807, 2.05) is 6.07 Å². The Kier molecular flexibility index (Phi) is 5.21. The summed E-state index contributed by atoms with van der Waals surface area (Å²) in [5.74, 6) is 0.790. The summed E-state index contributed by atoms with van der Waals surface area (Å²) < 4.78 is 11.7. The monoisotopic (exact) mass is 235 g/mol. The number of rotatable bonds is 1. The SMILES string of the molecule is O=S1CCCC[C-]1c1ccc(Cl)nc1.[Li+]. The molecule has 1 aromatic rings. The Balaban J connectivity index is 0.00000112. The fourth-order valence-corrected chi connectivity index (χ4v) is 3.15. The molecule has 0 amide bonds. The number of hydrogen-bond acceptors (Lipinski definition) is 2. The van der Waals surface area contributed by atoms with E-state index < -0.39 is 10.8 Å². The van der Waals surface area contributed by atoms with E-state index in [9.17, 15) is 4.21 Å². The maximum Gasteiger partial charge on any atom is 1.00 e. The molecule has 2 nitrogen and oxygen atoms in total. The molecule has 1 aromatic heterocycles. The fourth-order valence-electron chi connectivity index (χ4n) is 1.57. The van der Waals surface area contributed by atoms with Gasteiger partial charge in [0, 0.05) is 5.75 Å². The largest absolute Gasteiger partial charge is 1.00 e. The van der Waals surface area contributed by atoms with Gasteiger partial charge in [-0.1, -0.05) is 42.0 Å². The van der Waals surface area contributed by atoms with Crippen molar-refractivity contribution in [1.82, 2.24) is 4.98 Å². The van der Waals surface area contributed by atoms with Gasteiger partial charge in [-0.25, -0.2) is 0 Å². The van der Waals surface area contributed by atoms with Crippen molar-refractivity contribution in [1.29, 1.82) is 0 Å². The summed E-state index contributed by atoms with van der Waals surface area (Å²) in [4.78, 5) is 4.00. The van der Waals surface area contributed by atoms with Crippen LogP contribution in [0.3, 0.4) is 0 Å². The van der Waals surface area contributed by atoms with E-state index >= 15 is 0 Å². The molecular formula is C10H11ClLiNOS. The Bertz CT molecular complexity index is 344. The van der Waals surface area contributed by atoms with Gasteiger partial charge in [-0.3, -0.25) is 4.21 Å². The minimum Gasteiger partial charge on any atom is -0.311 e. The average molecular weight is 236 g/mol. The van der Waals surface area contributed by atoms with Crippen LogP contribution in [0, 0.1) is 5.25 Å². The van der Waals surface area contributed by atoms with E-state index in [0.717, 1.165) is 35.8 Å². The van der Waals surface area contributed by atoms with Crippen LogP contribution < -0.4 is 18.9 Å². The third-order valence-electron chi connectivity index (χ3n) is 2.31. The second kappa shape index (κ2) is 5.96. The Morgan fingerprint density at radius 1 is 1.40 bits per heavy atom. The number of pyridine rings is 1. The van der Waals surface area contributed by atoms with Crippen LogP contribution in [0.2, 0.25) is 5.15 Å². The number of halogens is 1. The van der Waals surface area contributed by atoms with Gasteiger partial charge in [0.05, 0.1) is 0 Å². The van der Waals surface area contributed by atoms with E-state index in [2.05, 4.69) is 4.98 Å². The van der Waals surface area contributed by atoms with Crippen molar-refractivity contribution in [2.75, 3.05) is 5.75 Å². The zero-order valence-electron chi connectivity index (χ0n) is 8.70. The molecule has 0 N–H and O–H groups in total. The molecule has 2 rings (SSSR count). The molecule has 0 radical (unpaired) electrons. The van der Waals surface area contributed by atoms with Gasteiger partial charge in [-0.05, 0) is 17.2 Å². The Morgan fingerprint density at radius 2 is 2.20 bits per heavy atom. The molecule has 15 heavy (non-hydrogen) atoms. The van der Waals surface area contributed by atoms with Crippen LogP contribution in [0.15, 0.2) is 18.3 Å². The molecule has 0 spiro atoms. The van der Waals surface area contributed by atoms with Gasteiger partial charge in [0.2, 0.25) is 0 Å². The Labute approximate surface area is 109 Å². The molecule has 1 saturated heterocycles. The maximum atomic E-state index is 11.7. The van der Waals surface area contributed by atoms with Gasteiger partial charge in [-0.2, -0.15) is 11.6 Å². The first-order chi connectivity index (χ1) is 6.77. The smallest absolute Gasteiger partial charge is 0.311 e. The third-order valence-corrected chi connectivity index (χ3v) is 4.18. The summed E-state index contributed by atoms with van der Waals surface area (Å²) in [6.45, 7) is 0. The molecular weight excluding hydrogens is 225 g/mol. The third kappa shape index (κ3) is 3.25. The van der Waals surface area contributed by atoms with Crippen LogP contribution in [-0.2, 0) is 10.8 Å². The second-order valence-corrected chi connectivity index (χ2v) is 5.28. The summed E-state index contributed by atoms with van der Waals surface area (Å²) in [6.07, 6.45) is 4.83. The van der Waals surface area contributed by atoms with Crippen LogP contribution >= 0.6 is 11.6 Å². The second-order valence-electron chi connectivity index (χ2n) is 3.30. The predicted molar refractivity (Wildman–Crippen MR) is 58.5 cm³/mol. The molecule has 1 aliphatic heterocycles. The van der Waals surface area contributed by atoms with E-state index in [1.54, 1.807) is 12.3 Å². The molecule has 5 heteroatoms. The van der Waals surface area contributed by atoms with Gasteiger partial charge >= 0.3 is 18.9 Å². The maximum absolute atomic E-state index is 11.7. The Hall–Kier alpha value is 0.0574. The summed E-state index contributed by atoms with van der Waals surface area (Å²) in [5.41, 5.74) is 0.979. The van der Waals surface area contributed by atoms with Gasteiger partial charge < -0.3 is 4.98 Å². The number of hydrogen-bond donors (Lipinski definition) is 0. The normalized spacial score (nSPS) is 20.9. The topological polar surface area (TPSA) is 30.0 Å². The van der Waals surface area contributed by atoms with Crippen molar-refractivity contribution in [3.8, 4) is 0 Å². The van der Waals surface area contributed by atoms with Crippen LogP contribution in [0.25, 0.3) is 0 Å². The molecule has 76 valence electrons. The molecule has 0 saturated carbocycles. The van der Waals surface area contributed by atoms with Crippen LogP contribution in [-0.4, -0.2) is 14.9 Å². The summed E-state index contributed by atoms with van der Waals surface area (Å²) in [7, 11) is -0.802. The van der Waals surface area contributed by atoms with E-state index in [1.165, 1.54) is 0 Å². The quantitative estimate of drug-likeness (QED) is 0.375. The van der Waals surface area contributed by atoms with Crippen molar-refractivity contribution in [2.45, 2.75) is 19.3 Å². The molecule has 0 bridgehead atoms. The first-order valence-electron chi connectivity index (χ1n) is 4.63. The average Bonchev–Trinajstić information content (AvgIpc) is 2.20. The molecule has 1 aliphatic rings. The molecule has 0 aliphatic carbocycles. The van der Waals surface area contributed by atoms with Gasteiger partial charge in [-0.15, -0.1) is 0 Å². The fraction of sp³-hybridized carbons (Fsp3) is 0.400. The van der Waals surface area contributed by atoms with E-state index in [4.69, 9.17) is 11.6 Å². The summed E-state index contributed by atoms with van der Waals surface area (Å²) >= 11 is 5.69. The predicted octanol–water partition coefficient (Wildman–Crippen LogP) is -0.448. The van der Waals surface area contributed by atoms with Gasteiger partial charge in [0.1, 0.15) is 5.15 Å². The molecule has 1 atom stereocenters. The minimum atomic E-state index is -0.802. The van der Waals surface area contributed by atoms with Crippen LogP contribution in [0.4, 0.5) is 0 Å². The van der Waals surface area contributed by atoms with E-state index in [0.29, 0.717) is 5.15 Å². The zero-order valence-corrected chi connectivity index (χ0v) is 10.3. The minimum absolute atomic E-state index is 0. The van der Waals surface area contributed by atoms with Crippen molar-refractivity contribution in [3.63, 3.8) is 0 Å².